The summed E-state index contributed by atoms with van der Waals surface area (Å²) in [5.74, 6) is 0.767. The summed E-state index contributed by atoms with van der Waals surface area (Å²) in [5, 5.41) is 0. The summed E-state index contributed by atoms with van der Waals surface area (Å²) >= 11 is 0. The molecule has 0 saturated carbocycles. The van der Waals surface area contributed by atoms with Crippen molar-refractivity contribution in [3.63, 3.8) is 0 Å². The number of hydrogen-bond donors (Lipinski definition) is 0. The SMILES string of the molecule is COC(=O)c1ccccc1C1CC=CCC1C. The van der Waals surface area contributed by atoms with Gasteiger partial charge in [-0.1, -0.05) is 37.3 Å². The van der Waals surface area contributed by atoms with Crippen LogP contribution < -0.4 is 0 Å². The number of methoxy groups -OCH3 is 1. The average molecular weight is 230 g/mol. The highest BCUT2D eigenvalue weighted by molar-refractivity contribution is 5.91. The summed E-state index contributed by atoms with van der Waals surface area (Å²) in [5.41, 5.74) is 1.83. The van der Waals surface area contributed by atoms with E-state index >= 15 is 0 Å². The van der Waals surface area contributed by atoms with Crippen LogP contribution in [-0.4, -0.2) is 13.1 Å². The Balaban J connectivity index is 2.37. The standard InChI is InChI=1S/C15H18O2/c1-11-7-3-4-8-12(11)13-9-5-6-10-14(13)15(16)17-2/h3-6,9-12H,7-8H2,1-2H3. The van der Waals surface area contributed by atoms with E-state index in [1.165, 1.54) is 7.11 Å². The zero-order valence-electron chi connectivity index (χ0n) is 10.3. The fourth-order valence-electron chi connectivity index (χ4n) is 2.50. The highest BCUT2D eigenvalue weighted by Gasteiger charge is 2.24. The minimum atomic E-state index is -0.234. The summed E-state index contributed by atoms with van der Waals surface area (Å²) in [6.45, 7) is 2.24. The van der Waals surface area contributed by atoms with Gasteiger partial charge in [-0.05, 0) is 36.3 Å². The van der Waals surface area contributed by atoms with Crippen LogP contribution in [0.3, 0.4) is 0 Å². The normalized spacial score (nSPS) is 23.4. The third-order valence-electron chi connectivity index (χ3n) is 3.52. The van der Waals surface area contributed by atoms with Gasteiger partial charge in [0.25, 0.3) is 0 Å². The Morgan fingerprint density at radius 2 is 1.94 bits per heavy atom. The van der Waals surface area contributed by atoms with Crippen LogP contribution in [0.15, 0.2) is 36.4 Å². The molecule has 0 aromatic heterocycles. The van der Waals surface area contributed by atoms with E-state index in [2.05, 4.69) is 19.1 Å². The molecular formula is C15H18O2. The van der Waals surface area contributed by atoms with Crippen molar-refractivity contribution in [3.8, 4) is 0 Å². The summed E-state index contributed by atoms with van der Waals surface area (Å²) < 4.78 is 4.85. The summed E-state index contributed by atoms with van der Waals surface area (Å²) in [6, 6.07) is 7.78. The van der Waals surface area contributed by atoms with Crippen molar-refractivity contribution in [2.45, 2.75) is 25.7 Å². The van der Waals surface area contributed by atoms with Crippen LogP contribution in [0.1, 0.15) is 41.6 Å². The van der Waals surface area contributed by atoms with E-state index in [4.69, 9.17) is 4.74 Å². The van der Waals surface area contributed by atoms with Gasteiger partial charge in [-0.2, -0.15) is 0 Å². The number of carbonyl (C=O) groups excluding carboxylic acids is 1. The van der Waals surface area contributed by atoms with Crippen molar-refractivity contribution in [2.24, 2.45) is 5.92 Å². The third-order valence-corrected chi connectivity index (χ3v) is 3.52. The molecule has 2 heteroatoms. The molecule has 0 aliphatic heterocycles. The zero-order valence-corrected chi connectivity index (χ0v) is 10.3. The van der Waals surface area contributed by atoms with E-state index in [0.29, 0.717) is 17.4 Å². The number of benzene rings is 1. The van der Waals surface area contributed by atoms with Crippen molar-refractivity contribution in [3.05, 3.63) is 47.5 Å². The predicted octanol–water partition coefficient (Wildman–Crippen LogP) is 3.54. The lowest BCUT2D eigenvalue weighted by atomic mass is 9.78. The summed E-state index contributed by atoms with van der Waals surface area (Å²) in [7, 11) is 1.43. The fraction of sp³-hybridized carbons (Fsp3) is 0.400. The van der Waals surface area contributed by atoms with E-state index in [0.717, 1.165) is 18.4 Å². The molecule has 2 rings (SSSR count). The molecule has 0 heterocycles. The first-order valence-corrected chi connectivity index (χ1v) is 6.06. The first-order valence-electron chi connectivity index (χ1n) is 6.06. The van der Waals surface area contributed by atoms with E-state index in [9.17, 15) is 4.79 Å². The number of hydrogen-bond acceptors (Lipinski definition) is 2. The molecule has 2 nitrogen and oxygen atoms in total. The number of esters is 1. The van der Waals surface area contributed by atoms with Gasteiger partial charge in [-0.3, -0.25) is 0 Å². The highest BCUT2D eigenvalue weighted by Crippen LogP contribution is 2.35. The first kappa shape index (κ1) is 11.9. The lowest BCUT2D eigenvalue weighted by molar-refractivity contribution is 0.0598. The maximum Gasteiger partial charge on any atom is 0.338 e. The number of allylic oxidation sites excluding steroid dienone is 2. The van der Waals surface area contributed by atoms with Gasteiger partial charge in [-0.25, -0.2) is 4.79 Å². The molecule has 90 valence electrons. The molecule has 2 atom stereocenters. The van der Waals surface area contributed by atoms with Gasteiger partial charge < -0.3 is 4.74 Å². The van der Waals surface area contributed by atoms with Crippen LogP contribution >= 0.6 is 0 Å². The van der Waals surface area contributed by atoms with Crippen LogP contribution in [0.25, 0.3) is 0 Å². The van der Waals surface area contributed by atoms with Crippen LogP contribution in [0.4, 0.5) is 0 Å². The lowest BCUT2D eigenvalue weighted by Crippen LogP contribution is -2.16. The molecular weight excluding hydrogens is 212 g/mol. The van der Waals surface area contributed by atoms with Gasteiger partial charge in [0.1, 0.15) is 0 Å². The molecule has 0 N–H and O–H groups in total. The molecule has 0 radical (unpaired) electrons. The number of carbonyl (C=O) groups is 1. The van der Waals surface area contributed by atoms with Crippen LogP contribution in [0.5, 0.6) is 0 Å². The first-order chi connectivity index (χ1) is 8.24. The van der Waals surface area contributed by atoms with E-state index in [1.807, 2.05) is 24.3 Å². The van der Waals surface area contributed by atoms with Crippen molar-refractivity contribution in [1.29, 1.82) is 0 Å². The van der Waals surface area contributed by atoms with Crippen LogP contribution in [0.2, 0.25) is 0 Å². The molecule has 0 spiro atoms. The van der Waals surface area contributed by atoms with Gasteiger partial charge in [0.05, 0.1) is 12.7 Å². The van der Waals surface area contributed by atoms with Gasteiger partial charge >= 0.3 is 5.97 Å². The second-order valence-corrected chi connectivity index (χ2v) is 4.61. The molecule has 0 fully saturated rings. The molecule has 1 aromatic carbocycles. The average Bonchev–Trinajstić information content (AvgIpc) is 2.38. The van der Waals surface area contributed by atoms with Crippen LogP contribution in [-0.2, 0) is 4.74 Å². The predicted molar refractivity (Wildman–Crippen MR) is 68.1 cm³/mol. The minimum absolute atomic E-state index is 0.234. The van der Waals surface area contributed by atoms with Crippen molar-refractivity contribution >= 4 is 5.97 Å². The van der Waals surface area contributed by atoms with E-state index in [1.54, 1.807) is 0 Å². The number of ether oxygens (including phenoxy) is 1. The molecule has 2 unspecified atom stereocenters. The molecule has 0 saturated heterocycles. The summed E-state index contributed by atoms with van der Waals surface area (Å²) in [4.78, 5) is 11.7. The van der Waals surface area contributed by atoms with Crippen molar-refractivity contribution in [2.75, 3.05) is 7.11 Å². The number of rotatable bonds is 2. The van der Waals surface area contributed by atoms with E-state index < -0.39 is 0 Å². The topological polar surface area (TPSA) is 26.3 Å². The van der Waals surface area contributed by atoms with Crippen molar-refractivity contribution < 1.29 is 9.53 Å². The largest absolute Gasteiger partial charge is 0.465 e. The monoisotopic (exact) mass is 230 g/mol. The molecule has 0 amide bonds. The lowest BCUT2D eigenvalue weighted by Gasteiger charge is -2.27. The maximum atomic E-state index is 11.7. The zero-order chi connectivity index (χ0) is 12.3. The van der Waals surface area contributed by atoms with Crippen molar-refractivity contribution in [1.82, 2.24) is 0 Å². The Labute approximate surface area is 102 Å². The van der Waals surface area contributed by atoms with Gasteiger partial charge in [0.15, 0.2) is 0 Å². The minimum Gasteiger partial charge on any atom is -0.465 e. The van der Waals surface area contributed by atoms with Crippen LogP contribution in [0, 0.1) is 5.92 Å². The fourth-order valence-corrected chi connectivity index (χ4v) is 2.50. The third kappa shape index (κ3) is 2.41. The molecule has 1 aliphatic rings. The maximum absolute atomic E-state index is 11.7. The Bertz CT molecular complexity index is 434. The Morgan fingerprint density at radius 3 is 2.65 bits per heavy atom. The molecule has 1 aliphatic carbocycles. The quantitative estimate of drug-likeness (QED) is 0.573. The Morgan fingerprint density at radius 1 is 1.24 bits per heavy atom. The second kappa shape index (κ2) is 5.17. The molecule has 1 aromatic rings. The molecule has 0 bridgehead atoms. The Hall–Kier alpha value is -1.57. The highest BCUT2D eigenvalue weighted by atomic mass is 16.5. The second-order valence-electron chi connectivity index (χ2n) is 4.61. The van der Waals surface area contributed by atoms with E-state index in [-0.39, 0.29) is 5.97 Å². The Kier molecular flexibility index (Phi) is 3.62. The van der Waals surface area contributed by atoms with Gasteiger partial charge in [0.2, 0.25) is 0 Å². The summed E-state index contributed by atoms with van der Waals surface area (Å²) in [6.07, 6.45) is 6.52. The van der Waals surface area contributed by atoms with Gasteiger partial charge in [0, 0.05) is 0 Å². The smallest absolute Gasteiger partial charge is 0.338 e. The van der Waals surface area contributed by atoms with Gasteiger partial charge in [-0.15, -0.1) is 0 Å². The molecule has 17 heavy (non-hydrogen) atoms.